The minimum atomic E-state index is 0.208. The van der Waals surface area contributed by atoms with Gasteiger partial charge in [-0.25, -0.2) is 4.52 Å². The summed E-state index contributed by atoms with van der Waals surface area (Å²) in [5, 5.41) is 7.80. The Morgan fingerprint density at radius 1 is 1.22 bits per heavy atom. The number of nitrogens with zero attached hydrogens (tertiary/aromatic N) is 3. The molecule has 0 aliphatic heterocycles. The van der Waals surface area contributed by atoms with Crippen molar-refractivity contribution < 1.29 is 0 Å². The molecule has 1 fully saturated rings. The van der Waals surface area contributed by atoms with E-state index in [1.54, 1.807) is 4.52 Å². The van der Waals surface area contributed by atoms with Gasteiger partial charge in [0.1, 0.15) is 0 Å². The van der Waals surface area contributed by atoms with Crippen molar-refractivity contribution in [3.05, 3.63) is 24.4 Å². The first-order chi connectivity index (χ1) is 8.83. The molecule has 0 spiro atoms. The smallest absolute Gasteiger partial charge is 0.243 e. The van der Waals surface area contributed by atoms with E-state index in [9.17, 15) is 0 Å². The fourth-order valence-electron chi connectivity index (χ4n) is 2.57. The molecule has 0 saturated heterocycles. The largest absolute Gasteiger partial charge is 0.349 e. The summed E-state index contributed by atoms with van der Waals surface area (Å²) >= 11 is 0. The van der Waals surface area contributed by atoms with Gasteiger partial charge in [-0.3, -0.25) is 0 Å². The summed E-state index contributed by atoms with van der Waals surface area (Å²) in [5.41, 5.74) is 7.06. The Morgan fingerprint density at radius 2 is 2.11 bits per heavy atom. The summed E-state index contributed by atoms with van der Waals surface area (Å²) in [6.45, 7) is 0. The van der Waals surface area contributed by atoms with Crippen LogP contribution in [-0.2, 0) is 0 Å². The number of nitrogens with one attached hydrogen (secondary N) is 1. The Labute approximate surface area is 106 Å². The molecule has 3 rings (SSSR count). The van der Waals surface area contributed by atoms with Gasteiger partial charge in [-0.05, 0) is 25.0 Å². The highest BCUT2D eigenvalue weighted by Gasteiger charge is 2.21. The van der Waals surface area contributed by atoms with Crippen LogP contribution in [0, 0.1) is 0 Å². The third-order valence-corrected chi connectivity index (χ3v) is 3.63. The predicted octanol–water partition coefficient (Wildman–Crippen LogP) is 1.80. The molecular formula is C13H19N5. The van der Waals surface area contributed by atoms with E-state index in [0.29, 0.717) is 12.0 Å². The van der Waals surface area contributed by atoms with Crippen LogP contribution in [0.1, 0.15) is 32.1 Å². The van der Waals surface area contributed by atoms with Gasteiger partial charge < -0.3 is 11.1 Å². The summed E-state index contributed by atoms with van der Waals surface area (Å²) in [6.07, 6.45) is 7.85. The van der Waals surface area contributed by atoms with Crippen LogP contribution in [0.25, 0.3) is 5.65 Å². The summed E-state index contributed by atoms with van der Waals surface area (Å²) in [6, 6.07) is 6.36. The molecule has 1 aliphatic carbocycles. The quantitative estimate of drug-likeness (QED) is 0.792. The highest BCUT2D eigenvalue weighted by molar-refractivity contribution is 5.43. The van der Waals surface area contributed by atoms with E-state index in [-0.39, 0.29) is 6.04 Å². The Kier molecular flexibility index (Phi) is 3.15. The maximum atomic E-state index is 6.20. The highest BCUT2D eigenvalue weighted by atomic mass is 15.3. The van der Waals surface area contributed by atoms with Gasteiger partial charge in [0, 0.05) is 18.3 Å². The topological polar surface area (TPSA) is 68.2 Å². The van der Waals surface area contributed by atoms with Crippen molar-refractivity contribution in [1.82, 2.24) is 14.6 Å². The lowest BCUT2D eigenvalue weighted by Crippen LogP contribution is -2.39. The summed E-state index contributed by atoms with van der Waals surface area (Å²) < 4.78 is 1.78. The molecule has 5 heteroatoms. The molecule has 2 aromatic heterocycles. The van der Waals surface area contributed by atoms with Crippen LogP contribution in [0.15, 0.2) is 24.4 Å². The number of aromatic nitrogens is 3. The van der Waals surface area contributed by atoms with Crippen molar-refractivity contribution in [2.24, 2.45) is 5.73 Å². The van der Waals surface area contributed by atoms with Gasteiger partial charge in [0.2, 0.25) is 5.95 Å². The second kappa shape index (κ2) is 4.94. The van der Waals surface area contributed by atoms with Crippen molar-refractivity contribution in [3.8, 4) is 0 Å². The molecule has 3 N–H and O–H groups in total. The summed E-state index contributed by atoms with van der Waals surface area (Å²) in [5.74, 6) is 0.684. The Balaban J connectivity index is 1.78. The lowest BCUT2D eigenvalue weighted by atomic mass is 10.0. The zero-order valence-corrected chi connectivity index (χ0v) is 10.4. The van der Waals surface area contributed by atoms with E-state index < -0.39 is 0 Å². The molecule has 2 aromatic rings. The first kappa shape index (κ1) is 11.5. The van der Waals surface area contributed by atoms with E-state index in [4.69, 9.17) is 5.73 Å². The zero-order valence-electron chi connectivity index (χ0n) is 10.4. The van der Waals surface area contributed by atoms with E-state index in [2.05, 4.69) is 15.4 Å². The standard InChI is InChI=1S/C13H19N5/c14-10-6-2-1-3-7-11(10)15-13-16-12-8-4-5-9-18(12)17-13/h4-5,8-11H,1-3,6-7,14H2,(H,15,17). The van der Waals surface area contributed by atoms with Gasteiger partial charge in [0.25, 0.3) is 0 Å². The molecule has 0 bridgehead atoms. The first-order valence-corrected chi connectivity index (χ1v) is 6.66. The van der Waals surface area contributed by atoms with Crippen LogP contribution in [0.5, 0.6) is 0 Å². The van der Waals surface area contributed by atoms with Gasteiger partial charge in [-0.1, -0.05) is 25.3 Å². The molecule has 1 saturated carbocycles. The van der Waals surface area contributed by atoms with E-state index >= 15 is 0 Å². The number of hydrogen-bond donors (Lipinski definition) is 2. The van der Waals surface area contributed by atoms with Crippen molar-refractivity contribution >= 4 is 11.6 Å². The Bertz CT molecular complexity index is 488. The van der Waals surface area contributed by atoms with Gasteiger partial charge in [-0.2, -0.15) is 4.98 Å². The predicted molar refractivity (Wildman–Crippen MR) is 71.5 cm³/mol. The third-order valence-electron chi connectivity index (χ3n) is 3.63. The van der Waals surface area contributed by atoms with E-state index in [0.717, 1.165) is 18.5 Å². The Morgan fingerprint density at radius 3 is 3.00 bits per heavy atom. The highest BCUT2D eigenvalue weighted by Crippen LogP contribution is 2.19. The molecule has 96 valence electrons. The van der Waals surface area contributed by atoms with Gasteiger partial charge in [0.15, 0.2) is 5.65 Å². The minimum Gasteiger partial charge on any atom is -0.349 e. The maximum absolute atomic E-state index is 6.20. The van der Waals surface area contributed by atoms with Crippen LogP contribution in [0.4, 0.5) is 5.95 Å². The molecule has 2 atom stereocenters. The molecule has 18 heavy (non-hydrogen) atoms. The van der Waals surface area contributed by atoms with Crippen molar-refractivity contribution in [2.75, 3.05) is 5.32 Å². The molecule has 1 aliphatic rings. The van der Waals surface area contributed by atoms with Crippen molar-refractivity contribution in [1.29, 1.82) is 0 Å². The number of hydrogen-bond acceptors (Lipinski definition) is 4. The average Bonchev–Trinajstić information content (AvgIpc) is 2.68. The SMILES string of the molecule is NC1CCCCCC1Nc1nc2ccccn2n1. The molecular weight excluding hydrogens is 226 g/mol. The second-order valence-corrected chi connectivity index (χ2v) is 4.99. The van der Waals surface area contributed by atoms with E-state index in [1.165, 1.54) is 19.3 Å². The summed E-state index contributed by atoms with van der Waals surface area (Å²) in [4.78, 5) is 4.46. The maximum Gasteiger partial charge on any atom is 0.243 e. The zero-order chi connectivity index (χ0) is 12.4. The molecule has 0 aromatic carbocycles. The van der Waals surface area contributed by atoms with E-state index in [1.807, 2.05) is 24.4 Å². The molecule has 2 unspecified atom stereocenters. The average molecular weight is 245 g/mol. The molecule has 2 heterocycles. The third kappa shape index (κ3) is 2.31. The lowest BCUT2D eigenvalue weighted by Gasteiger charge is -2.21. The Hall–Kier alpha value is -1.62. The second-order valence-electron chi connectivity index (χ2n) is 4.99. The number of fused-ring (bicyclic) bond motifs is 1. The van der Waals surface area contributed by atoms with Crippen molar-refractivity contribution in [2.45, 2.75) is 44.2 Å². The first-order valence-electron chi connectivity index (χ1n) is 6.66. The molecule has 5 nitrogen and oxygen atoms in total. The van der Waals surface area contributed by atoms with Gasteiger partial charge >= 0.3 is 0 Å². The lowest BCUT2D eigenvalue weighted by molar-refractivity contribution is 0.525. The van der Waals surface area contributed by atoms with Crippen LogP contribution < -0.4 is 11.1 Å². The normalized spacial score (nSPS) is 24.9. The van der Waals surface area contributed by atoms with Crippen LogP contribution in [-0.4, -0.2) is 26.7 Å². The number of rotatable bonds is 2. The number of pyridine rings is 1. The fourth-order valence-corrected chi connectivity index (χ4v) is 2.57. The van der Waals surface area contributed by atoms with Gasteiger partial charge in [-0.15, -0.1) is 5.10 Å². The molecule has 0 amide bonds. The monoisotopic (exact) mass is 245 g/mol. The number of nitrogens with two attached hydrogens (primary N) is 1. The van der Waals surface area contributed by atoms with Crippen molar-refractivity contribution in [3.63, 3.8) is 0 Å². The summed E-state index contributed by atoms with van der Waals surface area (Å²) in [7, 11) is 0. The molecule has 0 radical (unpaired) electrons. The van der Waals surface area contributed by atoms with Gasteiger partial charge in [0.05, 0.1) is 0 Å². The van der Waals surface area contributed by atoms with Crippen LogP contribution in [0.3, 0.4) is 0 Å². The number of anilines is 1. The minimum absolute atomic E-state index is 0.208. The fraction of sp³-hybridized carbons (Fsp3) is 0.538. The van der Waals surface area contributed by atoms with Crippen LogP contribution >= 0.6 is 0 Å². The van der Waals surface area contributed by atoms with Crippen LogP contribution in [0.2, 0.25) is 0 Å².